The summed E-state index contributed by atoms with van der Waals surface area (Å²) in [6, 6.07) is 2.52. The molecule has 2 fully saturated rings. The van der Waals surface area contributed by atoms with Crippen molar-refractivity contribution in [1.82, 2.24) is 0 Å². The summed E-state index contributed by atoms with van der Waals surface area (Å²) in [6.45, 7) is 0. The third kappa shape index (κ3) is 1.77. The van der Waals surface area contributed by atoms with Gasteiger partial charge in [-0.3, -0.25) is 0 Å². The summed E-state index contributed by atoms with van der Waals surface area (Å²) < 4.78 is 0. The lowest BCUT2D eigenvalue weighted by Crippen LogP contribution is -2.21. The monoisotopic (exact) mass is 181 g/mol. The molecule has 0 bridgehead atoms. The molecule has 2 unspecified atom stereocenters. The first-order valence-electron chi connectivity index (χ1n) is 4.89. The van der Waals surface area contributed by atoms with E-state index in [4.69, 9.17) is 5.26 Å². The van der Waals surface area contributed by atoms with Gasteiger partial charge in [0.05, 0.1) is 12.0 Å². The number of hydrogen-bond acceptors (Lipinski definition) is 2. The zero-order valence-electron chi connectivity index (χ0n) is 7.33. The van der Waals surface area contributed by atoms with Crippen LogP contribution in [0.25, 0.3) is 0 Å². The molecule has 0 aromatic rings. The zero-order chi connectivity index (χ0) is 8.39. The third-order valence-corrected chi connectivity index (χ3v) is 4.22. The molecule has 0 amide bonds. The van der Waals surface area contributed by atoms with Crippen molar-refractivity contribution >= 4 is 11.8 Å². The van der Waals surface area contributed by atoms with Crippen molar-refractivity contribution < 1.29 is 0 Å². The van der Waals surface area contributed by atoms with Crippen LogP contribution in [-0.2, 0) is 0 Å². The standard InChI is InChI=1S/C10H15NS/c11-6-10(8-3-4-8)9-2-1-5-12-7-9/h8-10H,1-5,7H2. The molecule has 2 atom stereocenters. The van der Waals surface area contributed by atoms with Crippen molar-refractivity contribution in [3.05, 3.63) is 0 Å². The zero-order valence-corrected chi connectivity index (χ0v) is 8.15. The van der Waals surface area contributed by atoms with Crippen LogP contribution < -0.4 is 0 Å². The Labute approximate surface area is 78.5 Å². The van der Waals surface area contributed by atoms with Crippen LogP contribution >= 0.6 is 11.8 Å². The minimum Gasteiger partial charge on any atom is -0.198 e. The Morgan fingerprint density at radius 1 is 1.25 bits per heavy atom. The highest BCUT2D eigenvalue weighted by molar-refractivity contribution is 7.99. The van der Waals surface area contributed by atoms with E-state index in [1.807, 2.05) is 11.8 Å². The molecule has 0 aromatic heterocycles. The quantitative estimate of drug-likeness (QED) is 0.654. The molecule has 0 N–H and O–H groups in total. The Kier molecular flexibility index (Phi) is 2.60. The highest BCUT2D eigenvalue weighted by Gasteiger charge is 2.36. The second-order valence-corrected chi connectivity index (χ2v) is 5.12. The van der Waals surface area contributed by atoms with E-state index in [2.05, 4.69) is 6.07 Å². The fourth-order valence-corrected chi connectivity index (χ4v) is 3.31. The maximum atomic E-state index is 9.03. The van der Waals surface area contributed by atoms with Crippen LogP contribution in [0.4, 0.5) is 0 Å². The Morgan fingerprint density at radius 3 is 2.58 bits per heavy atom. The van der Waals surface area contributed by atoms with Gasteiger partial charge in [0.2, 0.25) is 0 Å². The molecule has 1 aliphatic heterocycles. The molecule has 2 aliphatic rings. The van der Waals surface area contributed by atoms with Crippen molar-refractivity contribution in [1.29, 1.82) is 5.26 Å². The summed E-state index contributed by atoms with van der Waals surface area (Å²) in [6.07, 6.45) is 5.28. The predicted molar refractivity (Wildman–Crippen MR) is 51.9 cm³/mol. The number of nitrogens with zero attached hydrogens (tertiary/aromatic N) is 1. The average molecular weight is 181 g/mol. The van der Waals surface area contributed by atoms with Crippen molar-refractivity contribution in [2.24, 2.45) is 17.8 Å². The van der Waals surface area contributed by atoms with Gasteiger partial charge in [-0.2, -0.15) is 17.0 Å². The van der Waals surface area contributed by atoms with E-state index >= 15 is 0 Å². The van der Waals surface area contributed by atoms with Gasteiger partial charge in [-0.25, -0.2) is 0 Å². The van der Waals surface area contributed by atoms with Crippen molar-refractivity contribution in [3.8, 4) is 6.07 Å². The summed E-state index contributed by atoms with van der Waals surface area (Å²) in [5.74, 6) is 4.46. The SMILES string of the molecule is N#CC(C1CC1)C1CCCSC1. The normalized spacial score (nSPS) is 32.4. The van der Waals surface area contributed by atoms with Crippen LogP contribution in [0.1, 0.15) is 25.7 Å². The summed E-state index contributed by atoms with van der Waals surface area (Å²) in [4.78, 5) is 0. The molecule has 1 heterocycles. The van der Waals surface area contributed by atoms with Crippen LogP contribution in [0.3, 0.4) is 0 Å². The fourth-order valence-electron chi connectivity index (χ4n) is 2.10. The third-order valence-electron chi connectivity index (χ3n) is 2.98. The molecule has 2 rings (SSSR count). The van der Waals surface area contributed by atoms with Crippen molar-refractivity contribution in [2.45, 2.75) is 25.7 Å². The lowest BCUT2D eigenvalue weighted by Gasteiger charge is -2.25. The average Bonchev–Trinajstić information content (AvgIpc) is 2.92. The molecule has 1 aliphatic carbocycles. The molecule has 12 heavy (non-hydrogen) atoms. The smallest absolute Gasteiger partial charge is 0.0661 e. The predicted octanol–water partition coefficient (Wildman–Crippen LogP) is 2.68. The van der Waals surface area contributed by atoms with Gasteiger partial charge in [-0.1, -0.05) is 0 Å². The summed E-state index contributed by atoms with van der Waals surface area (Å²) in [7, 11) is 0. The van der Waals surface area contributed by atoms with E-state index in [0.717, 1.165) is 11.8 Å². The highest BCUT2D eigenvalue weighted by Crippen LogP contribution is 2.43. The summed E-state index contributed by atoms with van der Waals surface area (Å²) in [5, 5.41) is 9.03. The van der Waals surface area contributed by atoms with Crippen LogP contribution in [0.15, 0.2) is 0 Å². The van der Waals surface area contributed by atoms with Gasteiger partial charge in [-0.15, -0.1) is 0 Å². The van der Waals surface area contributed by atoms with E-state index in [9.17, 15) is 0 Å². The molecule has 0 aromatic carbocycles. The summed E-state index contributed by atoms with van der Waals surface area (Å²) in [5.41, 5.74) is 0. The van der Waals surface area contributed by atoms with Crippen LogP contribution in [0.2, 0.25) is 0 Å². The van der Waals surface area contributed by atoms with E-state index in [-0.39, 0.29) is 0 Å². The molecular formula is C10H15NS. The molecule has 1 saturated heterocycles. The lowest BCUT2D eigenvalue weighted by atomic mass is 9.87. The van der Waals surface area contributed by atoms with Crippen LogP contribution in [0, 0.1) is 29.1 Å². The minimum absolute atomic E-state index is 0.401. The van der Waals surface area contributed by atoms with Crippen LogP contribution in [0.5, 0.6) is 0 Å². The largest absolute Gasteiger partial charge is 0.198 e. The Morgan fingerprint density at radius 2 is 2.08 bits per heavy atom. The van der Waals surface area contributed by atoms with Gasteiger partial charge in [0, 0.05) is 0 Å². The van der Waals surface area contributed by atoms with Gasteiger partial charge in [0.25, 0.3) is 0 Å². The molecule has 2 heteroatoms. The van der Waals surface area contributed by atoms with E-state index < -0.39 is 0 Å². The molecule has 0 radical (unpaired) electrons. The fraction of sp³-hybridized carbons (Fsp3) is 0.900. The molecule has 1 nitrogen and oxygen atoms in total. The number of rotatable bonds is 2. The number of thioether (sulfide) groups is 1. The number of nitriles is 1. The van der Waals surface area contributed by atoms with Gasteiger partial charge < -0.3 is 0 Å². The minimum atomic E-state index is 0.401. The first kappa shape index (κ1) is 8.44. The summed E-state index contributed by atoms with van der Waals surface area (Å²) >= 11 is 2.04. The Hall–Kier alpha value is -0.160. The maximum Gasteiger partial charge on any atom is 0.0661 e. The maximum absolute atomic E-state index is 9.03. The Bertz CT molecular complexity index is 187. The second-order valence-electron chi connectivity index (χ2n) is 3.97. The van der Waals surface area contributed by atoms with Crippen molar-refractivity contribution in [3.63, 3.8) is 0 Å². The van der Waals surface area contributed by atoms with Crippen molar-refractivity contribution in [2.75, 3.05) is 11.5 Å². The topological polar surface area (TPSA) is 23.8 Å². The highest BCUT2D eigenvalue weighted by atomic mass is 32.2. The Balaban J connectivity index is 1.91. The lowest BCUT2D eigenvalue weighted by molar-refractivity contribution is 0.370. The molecule has 0 spiro atoms. The molecular weight excluding hydrogens is 166 g/mol. The van der Waals surface area contributed by atoms with E-state index in [1.165, 1.54) is 37.2 Å². The second kappa shape index (κ2) is 3.70. The van der Waals surface area contributed by atoms with Gasteiger partial charge in [-0.05, 0) is 49.0 Å². The van der Waals surface area contributed by atoms with Crippen LogP contribution in [-0.4, -0.2) is 11.5 Å². The van der Waals surface area contributed by atoms with E-state index in [1.54, 1.807) is 0 Å². The van der Waals surface area contributed by atoms with Gasteiger partial charge in [0.15, 0.2) is 0 Å². The first-order valence-corrected chi connectivity index (χ1v) is 6.04. The molecule has 1 saturated carbocycles. The number of hydrogen-bond donors (Lipinski definition) is 0. The molecule has 66 valence electrons. The van der Waals surface area contributed by atoms with Gasteiger partial charge >= 0.3 is 0 Å². The first-order chi connectivity index (χ1) is 5.92. The van der Waals surface area contributed by atoms with E-state index in [0.29, 0.717) is 5.92 Å². The van der Waals surface area contributed by atoms with Gasteiger partial charge in [0.1, 0.15) is 0 Å².